The van der Waals surface area contributed by atoms with Crippen LogP contribution in [-0.4, -0.2) is 118 Å². The first-order valence-corrected chi connectivity index (χ1v) is 57.6. The molecule has 0 bridgehead atoms. The molecule has 18 heteroatoms. The number of esters is 2. The van der Waals surface area contributed by atoms with E-state index in [1.54, 1.807) is 12.1 Å². The maximum absolute atomic E-state index is 12.5. The Morgan fingerprint density at radius 3 is 1.04 bits per heavy atom. The summed E-state index contributed by atoms with van der Waals surface area (Å²) in [6, 6.07) is 23.6. The number of sulfone groups is 2. The van der Waals surface area contributed by atoms with Crippen LogP contribution in [-0.2, 0) is 29.1 Å². The van der Waals surface area contributed by atoms with Gasteiger partial charge in [0.1, 0.15) is 0 Å². The summed E-state index contributed by atoms with van der Waals surface area (Å²) < 4.78 is 59.5. The molecule has 0 heterocycles. The second-order valence-corrected chi connectivity index (χ2v) is 56.2. The largest absolute Gasteiger partial charge is 1.00 e. The van der Waals surface area contributed by atoms with Gasteiger partial charge in [0.2, 0.25) is 0 Å². The monoisotopic (exact) mass is 1980 g/mol. The number of carbonyl (C=O) groups is 3. The molecule has 0 aromatic heterocycles. The molecular weight excluding hydrogens is 1800 g/mol. The van der Waals surface area contributed by atoms with Crippen LogP contribution in [0.5, 0.6) is 0 Å². The van der Waals surface area contributed by atoms with Crippen molar-refractivity contribution in [3.63, 3.8) is 0 Å². The predicted octanol–water partition coefficient (Wildman–Crippen LogP) is 24.2. The summed E-state index contributed by atoms with van der Waals surface area (Å²) >= 11 is 0. The molecule has 15 aliphatic carbocycles. The van der Waals surface area contributed by atoms with Crippen LogP contribution in [0.1, 0.15) is 352 Å². The van der Waals surface area contributed by atoms with Crippen LogP contribution >= 0.6 is 0 Å². The van der Waals surface area contributed by atoms with Gasteiger partial charge in [-0.3, -0.25) is 0 Å². The molecule has 27 atom stereocenters. The topological polar surface area (TPSA) is 258 Å². The summed E-state index contributed by atoms with van der Waals surface area (Å²) in [6.07, 6.45) is 44.5. The number of benzene rings is 3. The van der Waals surface area contributed by atoms with Crippen LogP contribution < -0.4 is 45.9 Å². The minimum Gasteiger partial charge on any atom is -0.870 e. The van der Waals surface area contributed by atoms with Gasteiger partial charge >= 0.3 is 47.5 Å². The van der Waals surface area contributed by atoms with Crippen LogP contribution in [0, 0.1) is 154 Å². The third-order valence-corrected chi connectivity index (χ3v) is 48.3. The van der Waals surface area contributed by atoms with Gasteiger partial charge in [-0.15, -0.1) is 13.2 Å². The molecule has 12 saturated carbocycles. The summed E-state index contributed by atoms with van der Waals surface area (Å²) in [5.74, 6) is 7.36. The molecule has 0 radical (unpaired) electrons. The second kappa shape index (κ2) is 40.7. The number of carboxylic acid groups (broad SMARTS) is 1. The van der Waals surface area contributed by atoms with Gasteiger partial charge in [0.25, 0.3) is 0 Å². The molecule has 3 aromatic carbocycles. The van der Waals surface area contributed by atoms with E-state index >= 15 is 0 Å². The Kier molecular flexibility index (Phi) is 32.5. The zero-order valence-electron chi connectivity index (χ0n) is 90.7. The molecule has 0 spiro atoms. The van der Waals surface area contributed by atoms with Gasteiger partial charge in [0.05, 0.1) is 54.8 Å². The Morgan fingerprint density at radius 2 is 0.730 bits per heavy atom. The van der Waals surface area contributed by atoms with Crippen molar-refractivity contribution in [1.82, 2.24) is 10.6 Å². The number of nitrogens with two attached hydrogens (primary N) is 1. The number of hydrogen-bond acceptors (Lipinski definition) is 14. The fourth-order valence-corrected chi connectivity index (χ4v) is 39.8. The first-order valence-electron chi connectivity index (χ1n) is 54.1. The first kappa shape index (κ1) is 113. The molecular formula is C123H180N3NaO12S2. The Balaban J connectivity index is 0.000000173. The molecule has 0 amide bonds. The van der Waals surface area contributed by atoms with E-state index in [1.807, 2.05) is 48.6 Å². The molecule has 141 heavy (non-hydrogen) atoms. The molecule has 15 nitrogen and oxygen atoms in total. The zero-order valence-corrected chi connectivity index (χ0v) is 94.4. The molecule has 15 aliphatic rings. The number of rotatable bonds is 22. The first-order chi connectivity index (χ1) is 65.1. The molecule has 0 aliphatic heterocycles. The fourth-order valence-electron chi connectivity index (χ4n) is 38.3. The average molecular weight is 1980 g/mol. The van der Waals surface area contributed by atoms with Gasteiger partial charge in [-0.2, -0.15) is 0 Å². The van der Waals surface area contributed by atoms with E-state index in [0.717, 1.165) is 81.1 Å². The van der Waals surface area contributed by atoms with E-state index < -0.39 is 25.6 Å². The summed E-state index contributed by atoms with van der Waals surface area (Å²) in [5.41, 5.74) is 22.9. The van der Waals surface area contributed by atoms with Crippen molar-refractivity contribution in [3.8, 4) is 0 Å². The van der Waals surface area contributed by atoms with Gasteiger partial charge in [-0.1, -0.05) is 214 Å². The Hall–Kier alpha value is -5.57. The molecule has 772 valence electrons. The number of aliphatic hydroxyl groups is 1. The number of carboxylic acids is 1. The Labute approximate surface area is 873 Å². The van der Waals surface area contributed by atoms with Crippen molar-refractivity contribution in [2.45, 2.75) is 321 Å². The standard InChI is InChI=1S/C41H59NO4S.C40H59NO5S.C37H53NO2.C5H8.Na.H2O/c1-10-47(44,45)26-25-42-41-22-17-30(27(2)3)35(41)32-15-16-34-38(6)20-18-31(28-11-13-29(14-12-28)36(43)46-9)37(4,5)33(38)19-21-40(34,8)39(32,7)23-24-41;1-26(2)29-14-19-40(41-22-24-47(45,46)25-23-42)21-20-38(6)31(34(29)40)12-13-33-37(5)17-15-30(27-8-10-28(11-9-27)35(43)44)36(3,4)32(37)16-18-39(33,38)7;1-23(2)26-15-20-37(38)22-21-35(6)28(31(26)37)13-14-30-34(5)18-16-27(24-9-11-25(12-10-24)32(39)40-8)33(3,4)29(34)17-19-36(30,35)7;1-3-5-4-2;;/h10-14,18,30,32-35,42H,1-2,15-17,19-26H2,3-9H3;8-11,15,29,31-34,41-42H,1,12-14,16-25H2,2-7H3,(H,43,44);9-12,16,26,28-31H,1,13-15,17-22,38H2,2-8H3;3-4H,1-2,5H2;;1H2/q;;;;+1;/p-1/t30-,32+,33-,34+,35+,38-,39+,40+,41-;29-,31+,32-,33+,34+,37-,38+,39+,40-;26-,28+,29-,30+,31+,34-,35+,36+,37-;;;/m000.../s1. The molecule has 7 N–H and O–H groups in total. The van der Waals surface area contributed by atoms with Crippen molar-refractivity contribution in [1.29, 1.82) is 0 Å². The van der Waals surface area contributed by atoms with Crippen molar-refractivity contribution in [3.05, 3.63) is 198 Å². The van der Waals surface area contributed by atoms with E-state index in [4.69, 9.17) is 15.2 Å². The predicted molar refractivity (Wildman–Crippen MR) is 574 cm³/mol. The number of ether oxygens (including phenoxy) is 2. The van der Waals surface area contributed by atoms with Crippen LogP contribution in [0.4, 0.5) is 0 Å². The maximum atomic E-state index is 12.5. The maximum Gasteiger partial charge on any atom is 1.00 e. The van der Waals surface area contributed by atoms with Crippen molar-refractivity contribution in [2.24, 2.45) is 159 Å². The van der Waals surface area contributed by atoms with Crippen LogP contribution in [0.15, 0.2) is 165 Å². The molecule has 0 saturated heterocycles. The SMILES string of the molecule is C=C(C)[C@@H]1CC[C@]2(N)CC[C@]3(C)[C@H](CC[C@@H]4[C@@]5(C)CC=C(c6ccc(C(=O)OC)cc6)C(C)(C)[C@@H]5CC[C@]43C)[C@@H]12.C=C(C)[C@@H]1CC[C@]2(NCCS(=O)(=O)CCO)CC[C@]3(C)[C@H](CC[C@@H]4[C@@]5(C)CC=C(c6ccc(C(=O)O)cc6)C(C)(C)[C@@H]5CC[C@]43C)[C@@H]12.C=CCC=C.C=CS(=O)(=O)CCN[C@]12CC[C@@H](C(=C)C)[C@@H]1[C@H]1CC[C@@H]3[C@@]4(C)CC=C(c5ccc(C(=O)OC)cc5)C(C)(C)[C@@H]4CC[C@@]3(C)[C@]1(C)CC2.[Na+].[OH-]. The summed E-state index contributed by atoms with van der Waals surface area (Å²) in [5, 5.41) is 27.6. The van der Waals surface area contributed by atoms with Gasteiger partial charge in [-0.25, -0.2) is 31.2 Å². The van der Waals surface area contributed by atoms with Crippen LogP contribution in [0.25, 0.3) is 16.7 Å². The summed E-state index contributed by atoms with van der Waals surface area (Å²) in [4.78, 5) is 35.7. The van der Waals surface area contributed by atoms with Crippen molar-refractivity contribution < 1.29 is 85.9 Å². The number of nitrogens with one attached hydrogen (secondary N) is 2. The minimum absolute atomic E-state index is 0. The van der Waals surface area contributed by atoms with Crippen molar-refractivity contribution >= 4 is 54.3 Å². The number of carbonyl (C=O) groups excluding carboxylic acids is 2. The zero-order chi connectivity index (χ0) is 101. The molecule has 3 aromatic rings. The Bertz CT molecular complexity index is 5550. The van der Waals surface area contributed by atoms with Crippen LogP contribution in [0.2, 0.25) is 0 Å². The molecule has 18 rings (SSSR count). The van der Waals surface area contributed by atoms with Gasteiger partial charge in [-0.05, 0) is 424 Å². The van der Waals surface area contributed by atoms with E-state index in [1.165, 1.54) is 174 Å². The average Bonchev–Trinajstić information content (AvgIpc) is 1.66. The summed E-state index contributed by atoms with van der Waals surface area (Å²) in [7, 11) is -3.63. The molecule has 0 unspecified atom stereocenters. The smallest absolute Gasteiger partial charge is 0.870 e. The number of fused-ring (bicyclic) bond motifs is 21. The van der Waals surface area contributed by atoms with E-state index in [-0.39, 0.29) is 136 Å². The van der Waals surface area contributed by atoms with Crippen molar-refractivity contribution in [2.75, 3.05) is 51.2 Å². The van der Waals surface area contributed by atoms with Gasteiger partial charge < -0.3 is 41.5 Å². The van der Waals surface area contributed by atoms with Gasteiger partial charge in [0.15, 0.2) is 19.7 Å². The van der Waals surface area contributed by atoms with Crippen LogP contribution in [0.3, 0.4) is 0 Å². The third-order valence-electron chi connectivity index (χ3n) is 45.4. The normalized spacial score (nSPS) is 40.2. The minimum atomic E-state index is -3.27. The summed E-state index contributed by atoms with van der Waals surface area (Å²) in [6.45, 7) is 70.0. The number of aliphatic hydroxyl groups excluding tert-OH is 1. The number of methoxy groups -OCH3 is 2. The van der Waals surface area contributed by atoms with E-state index in [0.29, 0.717) is 129 Å². The van der Waals surface area contributed by atoms with E-state index in [9.17, 15) is 41.4 Å². The third kappa shape index (κ3) is 18.6. The Morgan fingerprint density at radius 1 is 0.411 bits per heavy atom. The van der Waals surface area contributed by atoms with Gasteiger partial charge in [0, 0.05) is 35.1 Å². The number of allylic oxidation sites excluding steroid dienone is 11. The number of aromatic carboxylic acids is 1. The molecule has 12 fully saturated rings. The number of hydrogen-bond donors (Lipinski definition) is 5. The fraction of sp³-hybridized carbons (Fsp3) is 0.683. The quantitative estimate of drug-likeness (QED) is 0.0356. The van der Waals surface area contributed by atoms with E-state index in [2.05, 4.69) is 217 Å². The second-order valence-electron chi connectivity index (χ2n) is 51.8.